The average Bonchev–Trinajstić information content (AvgIpc) is 2.97. The van der Waals surface area contributed by atoms with Crippen molar-refractivity contribution in [1.82, 2.24) is 19.9 Å². The lowest BCUT2D eigenvalue weighted by molar-refractivity contribution is 0.242. The number of halogens is 1. The second kappa shape index (κ2) is 6.07. The molecular weight excluding hydrogens is 327 g/mol. The van der Waals surface area contributed by atoms with Crippen molar-refractivity contribution >= 4 is 22.7 Å². The Labute approximate surface area is 142 Å². The van der Waals surface area contributed by atoms with Crippen molar-refractivity contribution in [2.75, 3.05) is 12.8 Å². The second-order valence-corrected chi connectivity index (χ2v) is 6.76. The molecule has 7 heteroatoms. The molecule has 0 unspecified atom stereocenters. The normalized spacial score (nSPS) is 14.9. The van der Waals surface area contributed by atoms with E-state index in [1.54, 1.807) is 6.07 Å². The first-order valence-electron chi connectivity index (χ1n) is 7.78. The van der Waals surface area contributed by atoms with E-state index in [4.69, 9.17) is 0 Å². The van der Waals surface area contributed by atoms with Gasteiger partial charge in [0.2, 0.25) is 0 Å². The number of hydrogen-bond donors (Lipinski definition) is 2. The largest absolute Gasteiger partial charge is 0.361 e. The number of aromatic nitrogens is 3. The van der Waals surface area contributed by atoms with Crippen molar-refractivity contribution in [3.05, 3.63) is 57.4 Å². The van der Waals surface area contributed by atoms with Gasteiger partial charge in [-0.1, -0.05) is 11.8 Å². The van der Waals surface area contributed by atoms with E-state index >= 15 is 0 Å². The Morgan fingerprint density at radius 3 is 3.12 bits per heavy atom. The maximum Gasteiger partial charge on any atom is 0.256 e. The molecule has 2 N–H and O–H groups in total. The Bertz CT molecular complexity index is 965. The highest BCUT2D eigenvalue weighted by Gasteiger charge is 2.22. The van der Waals surface area contributed by atoms with Gasteiger partial charge in [0.15, 0.2) is 5.16 Å². The summed E-state index contributed by atoms with van der Waals surface area (Å²) in [5.74, 6) is -0.245. The topological polar surface area (TPSA) is 64.8 Å². The van der Waals surface area contributed by atoms with Crippen LogP contribution in [0, 0.1) is 5.82 Å². The Kier molecular flexibility index (Phi) is 3.90. The summed E-state index contributed by atoms with van der Waals surface area (Å²) in [5, 5.41) is 1.69. The van der Waals surface area contributed by atoms with E-state index in [0.717, 1.165) is 47.2 Å². The van der Waals surface area contributed by atoms with Gasteiger partial charge in [-0.25, -0.2) is 9.37 Å². The van der Waals surface area contributed by atoms with Crippen LogP contribution < -0.4 is 5.56 Å². The van der Waals surface area contributed by atoms with E-state index in [1.165, 1.54) is 23.9 Å². The van der Waals surface area contributed by atoms with Gasteiger partial charge in [0.25, 0.3) is 5.56 Å². The quantitative estimate of drug-likeness (QED) is 0.566. The monoisotopic (exact) mass is 344 g/mol. The lowest BCUT2D eigenvalue weighted by atomic mass is 10.1. The number of thioether (sulfide) groups is 1. The molecule has 0 radical (unpaired) electrons. The van der Waals surface area contributed by atoms with Crippen molar-refractivity contribution in [2.45, 2.75) is 24.7 Å². The van der Waals surface area contributed by atoms with Gasteiger partial charge < -0.3 is 9.97 Å². The molecule has 0 atom stereocenters. The molecule has 0 saturated carbocycles. The minimum atomic E-state index is -0.245. The predicted molar refractivity (Wildman–Crippen MR) is 92.7 cm³/mol. The fourth-order valence-electron chi connectivity index (χ4n) is 3.22. The molecule has 1 aliphatic rings. The molecule has 0 saturated heterocycles. The Morgan fingerprint density at radius 1 is 1.42 bits per heavy atom. The number of rotatable bonds is 3. The molecule has 2 aromatic heterocycles. The van der Waals surface area contributed by atoms with E-state index in [1.807, 2.05) is 12.5 Å². The van der Waals surface area contributed by atoms with E-state index in [2.05, 4.69) is 19.9 Å². The lowest BCUT2D eigenvalue weighted by Crippen LogP contribution is -2.35. The first kappa shape index (κ1) is 15.4. The minimum Gasteiger partial charge on any atom is -0.361 e. The van der Waals surface area contributed by atoms with Crippen LogP contribution in [-0.4, -0.2) is 32.7 Å². The zero-order chi connectivity index (χ0) is 16.7. The van der Waals surface area contributed by atoms with Crippen molar-refractivity contribution in [3.63, 3.8) is 0 Å². The number of aromatic amines is 2. The molecule has 24 heavy (non-hydrogen) atoms. The van der Waals surface area contributed by atoms with Crippen LogP contribution in [0.15, 0.2) is 34.3 Å². The fraction of sp³-hybridized carbons (Fsp3) is 0.294. The second-order valence-electron chi connectivity index (χ2n) is 5.96. The van der Waals surface area contributed by atoms with Crippen molar-refractivity contribution in [2.24, 2.45) is 0 Å². The molecule has 1 aromatic carbocycles. The van der Waals surface area contributed by atoms with Crippen LogP contribution in [0.2, 0.25) is 0 Å². The van der Waals surface area contributed by atoms with Crippen LogP contribution in [0.3, 0.4) is 0 Å². The van der Waals surface area contributed by atoms with E-state index in [9.17, 15) is 9.18 Å². The zero-order valence-corrected chi connectivity index (χ0v) is 14.0. The van der Waals surface area contributed by atoms with Crippen molar-refractivity contribution < 1.29 is 4.39 Å². The van der Waals surface area contributed by atoms with Gasteiger partial charge in [-0.15, -0.1) is 0 Å². The standard InChI is InChI=1S/C17H17FN4OS/c1-24-17-20-14-4-5-22(9-13(14)16(23)21-17)8-10-7-19-15-6-11(18)2-3-12(10)15/h2-3,6-7,19H,4-5,8-9H2,1H3,(H,20,21,23). The summed E-state index contributed by atoms with van der Waals surface area (Å²) in [5.41, 5.74) is 3.52. The third-order valence-corrected chi connectivity index (χ3v) is 5.02. The fourth-order valence-corrected chi connectivity index (χ4v) is 3.62. The molecule has 4 rings (SSSR count). The summed E-state index contributed by atoms with van der Waals surface area (Å²) in [7, 11) is 0. The number of benzene rings is 1. The summed E-state index contributed by atoms with van der Waals surface area (Å²) >= 11 is 1.45. The molecule has 124 valence electrons. The van der Waals surface area contributed by atoms with E-state index < -0.39 is 0 Å². The Morgan fingerprint density at radius 2 is 2.29 bits per heavy atom. The van der Waals surface area contributed by atoms with Crippen LogP contribution in [0.5, 0.6) is 0 Å². The van der Waals surface area contributed by atoms with Gasteiger partial charge >= 0.3 is 0 Å². The molecule has 0 aliphatic carbocycles. The number of nitrogens with zero attached hydrogens (tertiary/aromatic N) is 2. The molecule has 3 heterocycles. The van der Waals surface area contributed by atoms with Gasteiger partial charge in [0.1, 0.15) is 5.82 Å². The summed E-state index contributed by atoms with van der Waals surface area (Å²) in [6, 6.07) is 4.78. The number of H-pyrrole nitrogens is 2. The van der Waals surface area contributed by atoms with E-state index in [0.29, 0.717) is 11.7 Å². The predicted octanol–water partition coefficient (Wildman–Crippen LogP) is 2.67. The number of fused-ring (bicyclic) bond motifs is 2. The van der Waals surface area contributed by atoms with Crippen molar-refractivity contribution in [3.8, 4) is 0 Å². The summed E-state index contributed by atoms with van der Waals surface area (Å²) in [6.45, 7) is 2.15. The SMILES string of the molecule is CSc1nc2c(c(=O)[nH]1)CN(Cc1c[nH]c3cc(F)ccc13)CC2. The molecule has 0 fully saturated rings. The Balaban J connectivity index is 1.59. The van der Waals surface area contributed by atoms with Gasteiger partial charge in [-0.05, 0) is 30.0 Å². The first-order valence-corrected chi connectivity index (χ1v) is 9.00. The molecule has 1 aliphatic heterocycles. The summed E-state index contributed by atoms with van der Waals surface area (Å²) in [4.78, 5) is 24.9. The van der Waals surface area contributed by atoms with Gasteiger partial charge in [0, 0.05) is 43.2 Å². The maximum absolute atomic E-state index is 13.3. The number of hydrogen-bond acceptors (Lipinski definition) is 4. The summed E-state index contributed by atoms with van der Waals surface area (Å²) < 4.78 is 13.3. The minimum absolute atomic E-state index is 0.0463. The maximum atomic E-state index is 13.3. The van der Waals surface area contributed by atoms with Crippen LogP contribution in [0.1, 0.15) is 16.8 Å². The molecule has 3 aromatic rings. The lowest BCUT2D eigenvalue weighted by Gasteiger charge is -2.27. The van der Waals surface area contributed by atoms with Crippen LogP contribution in [-0.2, 0) is 19.5 Å². The summed E-state index contributed by atoms with van der Waals surface area (Å²) in [6.07, 6.45) is 4.59. The van der Waals surface area contributed by atoms with Gasteiger partial charge in [0.05, 0.1) is 11.3 Å². The van der Waals surface area contributed by atoms with E-state index in [-0.39, 0.29) is 11.4 Å². The van der Waals surface area contributed by atoms with Crippen LogP contribution in [0.25, 0.3) is 10.9 Å². The molecule has 0 bridgehead atoms. The number of nitrogens with one attached hydrogen (secondary N) is 2. The van der Waals surface area contributed by atoms with Gasteiger partial charge in [-0.3, -0.25) is 9.69 Å². The first-order chi connectivity index (χ1) is 11.6. The molecule has 0 amide bonds. The molecular formula is C17H17FN4OS. The Hall–Kier alpha value is -2.12. The molecule has 0 spiro atoms. The highest BCUT2D eigenvalue weighted by molar-refractivity contribution is 7.98. The highest BCUT2D eigenvalue weighted by atomic mass is 32.2. The van der Waals surface area contributed by atoms with Crippen LogP contribution >= 0.6 is 11.8 Å². The van der Waals surface area contributed by atoms with Crippen LogP contribution in [0.4, 0.5) is 4.39 Å². The third-order valence-electron chi connectivity index (χ3n) is 4.44. The zero-order valence-electron chi connectivity index (χ0n) is 13.2. The third kappa shape index (κ3) is 2.74. The van der Waals surface area contributed by atoms with Gasteiger partial charge in [-0.2, -0.15) is 0 Å². The molecule has 5 nitrogen and oxygen atoms in total. The van der Waals surface area contributed by atoms with Crippen molar-refractivity contribution in [1.29, 1.82) is 0 Å². The smallest absolute Gasteiger partial charge is 0.256 e. The highest BCUT2D eigenvalue weighted by Crippen LogP contribution is 2.23. The average molecular weight is 344 g/mol.